The zero-order chi connectivity index (χ0) is 13.5. The Kier molecular flexibility index (Phi) is 3.03. The fraction of sp³-hybridized carbons (Fsp3) is 0.588. The van der Waals surface area contributed by atoms with Crippen molar-refractivity contribution < 1.29 is 4.79 Å². The van der Waals surface area contributed by atoms with Crippen molar-refractivity contribution in [3.05, 3.63) is 35.4 Å². The number of carbonyl (C=O) groups is 1. The molecule has 2 saturated carbocycles. The van der Waals surface area contributed by atoms with Crippen LogP contribution in [-0.4, -0.2) is 18.0 Å². The molecule has 1 aromatic rings. The fourth-order valence-electron chi connectivity index (χ4n) is 3.44. The normalized spacial score (nSPS) is 25.4. The van der Waals surface area contributed by atoms with Crippen molar-refractivity contribution >= 4 is 5.91 Å². The van der Waals surface area contributed by atoms with E-state index in [2.05, 4.69) is 34.9 Å². The molecule has 1 aromatic carbocycles. The molecule has 0 bridgehead atoms. The highest BCUT2D eigenvalue weighted by Crippen LogP contribution is 2.44. The zero-order valence-electron chi connectivity index (χ0n) is 11.8. The summed E-state index contributed by atoms with van der Waals surface area (Å²) in [6, 6.07) is 8.84. The highest BCUT2D eigenvalue weighted by atomic mass is 16.2. The molecule has 0 radical (unpaired) electrons. The number of hydrogen-bond acceptors (Lipinski definition) is 2. The molecule has 2 aliphatic carbocycles. The van der Waals surface area contributed by atoms with E-state index < -0.39 is 0 Å². The lowest BCUT2D eigenvalue weighted by molar-refractivity contribution is -0.124. The molecule has 3 nitrogen and oxygen atoms in total. The van der Waals surface area contributed by atoms with Crippen molar-refractivity contribution in [2.24, 2.45) is 11.8 Å². The Morgan fingerprint density at radius 2 is 1.75 bits per heavy atom. The number of hydrogen-bond donors (Lipinski definition) is 2. The highest BCUT2D eigenvalue weighted by Gasteiger charge is 2.43. The summed E-state index contributed by atoms with van der Waals surface area (Å²) in [6.07, 6.45) is 6.06. The van der Waals surface area contributed by atoms with Gasteiger partial charge in [-0.05, 0) is 55.1 Å². The molecule has 4 rings (SSSR count). The summed E-state index contributed by atoms with van der Waals surface area (Å²) in [4.78, 5) is 12.5. The number of rotatable bonds is 4. The van der Waals surface area contributed by atoms with Gasteiger partial charge in [-0.25, -0.2) is 0 Å². The van der Waals surface area contributed by atoms with E-state index in [9.17, 15) is 4.79 Å². The SMILES string of the molecule is O=C(NC(C1CC1)C1CC1)C1Cc2ccccc2CN1. The van der Waals surface area contributed by atoms with Gasteiger partial charge in [0.2, 0.25) is 5.91 Å². The van der Waals surface area contributed by atoms with Crippen LogP contribution in [-0.2, 0) is 17.8 Å². The lowest BCUT2D eigenvalue weighted by Crippen LogP contribution is -2.51. The Morgan fingerprint density at radius 1 is 1.10 bits per heavy atom. The summed E-state index contributed by atoms with van der Waals surface area (Å²) in [5.74, 6) is 1.74. The van der Waals surface area contributed by atoms with Gasteiger partial charge in [0.15, 0.2) is 0 Å². The number of carbonyl (C=O) groups excluding carboxylic acids is 1. The van der Waals surface area contributed by atoms with E-state index in [1.54, 1.807) is 0 Å². The molecule has 0 aromatic heterocycles. The van der Waals surface area contributed by atoms with E-state index in [0.717, 1.165) is 24.8 Å². The minimum absolute atomic E-state index is 0.0510. The summed E-state index contributed by atoms with van der Waals surface area (Å²) in [5, 5.41) is 6.73. The minimum atomic E-state index is -0.0510. The Balaban J connectivity index is 1.41. The number of nitrogens with one attached hydrogen (secondary N) is 2. The maximum atomic E-state index is 12.5. The number of benzene rings is 1. The van der Waals surface area contributed by atoms with E-state index in [4.69, 9.17) is 0 Å². The topological polar surface area (TPSA) is 41.1 Å². The molecule has 20 heavy (non-hydrogen) atoms. The Hall–Kier alpha value is -1.35. The van der Waals surface area contributed by atoms with Crippen LogP contribution in [0.3, 0.4) is 0 Å². The van der Waals surface area contributed by atoms with Crippen LogP contribution in [0.4, 0.5) is 0 Å². The first kappa shape index (κ1) is 12.4. The Bertz CT molecular complexity index is 507. The zero-order valence-corrected chi connectivity index (χ0v) is 11.8. The quantitative estimate of drug-likeness (QED) is 0.878. The molecule has 3 aliphatic rings. The van der Waals surface area contributed by atoms with Gasteiger partial charge in [-0.2, -0.15) is 0 Å². The van der Waals surface area contributed by atoms with E-state index in [-0.39, 0.29) is 11.9 Å². The van der Waals surface area contributed by atoms with Crippen molar-refractivity contribution in [3.8, 4) is 0 Å². The van der Waals surface area contributed by atoms with Crippen molar-refractivity contribution in [2.45, 2.75) is 50.7 Å². The lowest BCUT2D eigenvalue weighted by atomic mass is 9.95. The van der Waals surface area contributed by atoms with Crippen molar-refractivity contribution in [3.63, 3.8) is 0 Å². The van der Waals surface area contributed by atoms with Crippen LogP contribution in [0.15, 0.2) is 24.3 Å². The lowest BCUT2D eigenvalue weighted by Gasteiger charge is -2.27. The fourth-order valence-corrected chi connectivity index (χ4v) is 3.44. The summed E-state index contributed by atoms with van der Waals surface area (Å²) >= 11 is 0. The predicted octanol–water partition coefficient (Wildman–Crippen LogP) is 2.01. The molecule has 0 saturated heterocycles. The molecule has 0 spiro atoms. The van der Waals surface area contributed by atoms with Gasteiger partial charge in [-0.3, -0.25) is 4.79 Å². The first-order valence-electron chi connectivity index (χ1n) is 7.92. The molecule has 1 unspecified atom stereocenters. The van der Waals surface area contributed by atoms with E-state index in [0.29, 0.717) is 6.04 Å². The van der Waals surface area contributed by atoms with E-state index in [1.807, 2.05) is 0 Å². The summed E-state index contributed by atoms with van der Waals surface area (Å²) in [6.45, 7) is 0.811. The molecule has 2 N–H and O–H groups in total. The minimum Gasteiger partial charge on any atom is -0.351 e. The predicted molar refractivity (Wildman–Crippen MR) is 78.2 cm³/mol. The maximum Gasteiger partial charge on any atom is 0.237 e. The molecule has 3 heteroatoms. The van der Waals surface area contributed by atoms with Gasteiger partial charge < -0.3 is 10.6 Å². The smallest absolute Gasteiger partial charge is 0.237 e. The van der Waals surface area contributed by atoms with Gasteiger partial charge in [-0.15, -0.1) is 0 Å². The van der Waals surface area contributed by atoms with Gasteiger partial charge in [0.25, 0.3) is 0 Å². The Labute approximate surface area is 120 Å². The van der Waals surface area contributed by atoms with E-state index >= 15 is 0 Å². The second kappa shape index (κ2) is 4.88. The van der Waals surface area contributed by atoms with Crippen LogP contribution >= 0.6 is 0 Å². The summed E-state index contributed by atoms with van der Waals surface area (Å²) in [5.41, 5.74) is 2.65. The maximum absolute atomic E-state index is 12.5. The molecular weight excluding hydrogens is 248 g/mol. The molecule has 2 fully saturated rings. The second-order valence-electron chi connectivity index (χ2n) is 6.62. The third kappa shape index (κ3) is 2.47. The van der Waals surface area contributed by atoms with Crippen LogP contribution in [0.25, 0.3) is 0 Å². The first-order chi connectivity index (χ1) is 9.81. The second-order valence-corrected chi connectivity index (χ2v) is 6.62. The largest absolute Gasteiger partial charge is 0.351 e. The van der Waals surface area contributed by atoms with E-state index in [1.165, 1.54) is 36.8 Å². The van der Waals surface area contributed by atoms with Crippen LogP contribution in [0.5, 0.6) is 0 Å². The van der Waals surface area contributed by atoms with Gasteiger partial charge in [-0.1, -0.05) is 24.3 Å². The van der Waals surface area contributed by atoms with Crippen molar-refractivity contribution in [1.82, 2.24) is 10.6 Å². The van der Waals surface area contributed by atoms with Crippen LogP contribution in [0.2, 0.25) is 0 Å². The number of fused-ring (bicyclic) bond motifs is 1. The standard InChI is InChI=1S/C17H22N2O/c20-17(19-16(11-5-6-11)12-7-8-12)15-9-13-3-1-2-4-14(13)10-18-15/h1-4,11-12,15-16,18H,5-10H2,(H,19,20). The molecular formula is C17H22N2O. The Morgan fingerprint density at radius 3 is 2.40 bits per heavy atom. The first-order valence-corrected chi connectivity index (χ1v) is 7.92. The molecule has 1 amide bonds. The summed E-state index contributed by atoms with van der Waals surface area (Å²) < 4.78 is 0. The summed E-state index contributed by atoms with van der Waals surface area (Å²) in [7, 11) is 0. The third-order valence-corrected chi connectivity index (χ3v) is 4.97. The molecule has 106 valence electrons. The van der Waals surface area contributed by atoms with Gasteiger partial charge in [0.1, 0.15) is 0 Å². The van der Waals surface area contributed by atoms with Crippen molar-refractivity contribution in [2.75, 3.05) is 0 Å². The van der Waals surface area contributed by atoms with Gasteiger partial charge in [0.05, 0.1) is 6.04 Å². The molecule has 1 heterocycles. The average Bonchev–Trinajstić information content (AvgIpc) is 3.37. The third-order valence-electron chi connectivity index (χ3n) is 4.97. The molecule has 1 aliphatic heterocycles. The van der Waals surface area contributed by atoms with Gasteiger partial charge >= 0.3 is 0 Å². The average molecular weight is 270 g/mol. The van der Waals surface area contributed by atoms with Gasteiger partial charge in [0, 0.05) is 12.6 Å². The number of amides is 1. The monoisotopic (exact) mass is 270 g/mol. The van der Waals surface area contributed by atoms with Crippen LogP contribution in [0.1, 0.15) is 36.8 Å². The van der Waals surface area contributed by atoms with Crippen LogP contribution in [0, 0.1) is 11.8 Å². The highest BCUT2D eigenvalue weighted by molar-refractivity contribution is 5.82. The molecule has 1 atom stereocenters. The van der Waals surface area contributed by atoms with Crippen molar-refractivity contribution in [1.29, 1.82) is 0 Å². The van der Waals surface area contributed by atoms with Crippen LogP contribution < -0.4 is 10.6 Å².